The lowest BCUT2D eigenvalue weighted by Crippen LogP contribution is -2.56. The Bertz CT molecular complexity index is 493. The highest BCUT2D eigenvalue weighted by molar-refractivity contribution is 7.09. The van der Waals surface area contributed by atoms with E-state index in [9.17, 15) is 4.79 Å². The lowest BCUT2D eigenvalue weighted by atomic mass is 9.99. The molecule has 1 aromatic heterocycles. The van der Waals surface area contributed by atoms with Gasteiger partial charge < -0.3 is 10.1 Å². The lowest BCUT2D eigenvalue weighted by molar-refractivity contribution is -0.135. The molecule has 0 unspecified atom stereocenters. The summed E-state index contributed by atoms with van der Waals surface area (Å²) in [6.45, 7) is 12.4. The number of morpholine rings is 1. The standard InChI is InChI=1S/C16H27N3O2S/c1-10(2)15(19-7-11(3)21-12(4)8-19)16(20)17-6-14-9-22-13(5)18-14/h9-12,15H,6-8H2,1-5H3,(H,17,20)/t11-,12+,15-/m1/s1. The van der Waals surface area contributed by atoms with Crippen molar-refractivity contribution in [1.29, 1.82) is 0 Å². The van der Waals surface area contributed by atoms with Gasteiger partial charge in [0.25, 0.3) is 0 Å². The molecule has 0 spiro atoms. The zero-order chi connectivity index (χ0) is 16.3. The van der Waals surface area contributed by atoms with E-state index in [4.69, 9.17) is 4.74 Å². The zero-order valence-electron chi connectivity index (χ0n) is 14.1. The first-order valence-electron chi connectivity index (χ1n) is 7.95. The average molecular weight is 325 g/mol. The number of hydrogen-bond donors (Lipinski definition) is 1. The second-order valence-corrected chi connectivity index (χ2v) is 7.54. The van der Waals surface area contributed by atoms with Gasteiger partial charge in [-0.1, -0.05) is 13.8 Å². The predicted octanol–water partition coefficient (Wildman–Crippen LogP) is 2.20. The molecule has 22 heavy (non-hydrogen) atoms. The van der Waals surface area contributed by atoms with E-state index in [2.05, 4.69) is 42.9 Å². The molecule has 0 saturated carbocycles. The van der Waals surface area contributed by atoms with Gasteiger partial charge in [-0.2, -0.15) is 0 Å². The fourth-order valence-electron chi connectivity index (χ4n) is 3.11. The number of aromatic nitrogens is 1. The van der Waals surface area contributed by atoms with Crippen LogP contribution in [0.5, 0.6) is 0 Å². The Balaban J connectivity index is 1.98. The molecular formula is C16H27N3O2S. The molecule has 1 amide bonds. The van der Waals surface area contributed by atoms with E-state index in [-0.39, 0.29) is 30.1 Å². The highest BCUT2D eigenvalue weighted by Gasteiger charge is 2.33. The third-order valence-electron chi connectivity index (χ3n) is 3.85. The van der Waals surface area contributed by atoms with Crippen molar-refractivity contribution in [3.8, 4) is 0 Å². The maximum Gasteiger partial charge on any atom is 0.237 e. The van der Waals surface area contributed by atoms with E-state index in [0.29, 0.717) is 6.54 Å². The maximum atomic E-state index is 12.7. The van der Waals surface area contributed by atoms with Gasteiger partial charge >= 0.3 is 0 Å². The molecule has 1 fully saturated rings. The first-order chi connectivity index (χ1) is 10.4. The molecule has 0 radical (unpaired) electrons. The van der Waals surface area contributed by atoms with Crippen molar-refractivity contribution in [2.24, 2.45) is 5.92 Å². The number of nitrogens with zero attached hydrogens (tertiary/aromatic N) is 2. The van der Waals surface area contributed by atoms with Gasteiger partial charge in [-0.25, -0.2) is 4.98 Å². The van der Waals surface area contributed by atoms with Gasteiger partial charge in [0.05, 0.1) is 35.5 Å². The van der Waals surface area contributed by atoms with Crippen LogP contribution in [0.1, 0.15) is 38.4 Å². The fourth-order valence-corrected chi connectivity index (χ4v) is 3.72. The third kappa shape index (κ3) is 4.51. The normalized spacial score (nSPS) is 24.5. The lowest BCUT2D eigenvalue weighted by Gasteiger charge is -2.41. The summed E-state index contributed by atoms with van der Waals surface area (Å²) in [6, 6.07) is -0.117. The number of amides is 1. The highest BCUT2D eigenvalue weighted by Crippen LogP contribution is 2.19. The Morgan fingerprint density at radius 1 is 1.45 bits per heavy atom. The summed E-state index contributed by atoms with van der Waals surface area (Å²) < 4.78 is 5.78. The van der Waals surface area contributed by atoms with Crippen molar-refractivity contribution in [2.75, 3.05) is 13.1 Å². The van der Waals surface area contributed by atoms with E-state index >= 15 is 0 Å². The van der Waals surface area contributed by atoms with Crippen LogP contribution in [0.25, 0.3) is 0 Å². The van der Waals surface area contributed by atoms with Gasteiger partial charge in [-0.3, -0.25) is 9.69 Å². The molecule has 3 atom stereocenters. The SMILES string of the molecule is Cc1nc(CNC(=O)[C@@H](C(C)C)N2C[C@@H](C)O[C@@H](C)C2)cs1. The summed E-state index contributed by atoms with van der Waals surface area (Å²) in [5, 5.41) is 6.07. The van der Waals surface area contributed by atoms with Crippen LogP contribution in [0.4, 0.5) is 0 Å². The van der Waals surface area contributed by atoms with Gasteiger partial charge in [-0.05, 0) is 26.7 Å². The Labute approximate surface area is 137 Å². The number of carbonyl (C=O) groups excluding carboxylic acids is 1. The fraction of sp³-hybridized carbons (Fsp3) is 0.750. The van der Waals surface area contributed by atoms with E-state index in [0.717, 1.165) is 23.8 Å². The quantitative estimate of drug-likeness (QED) is 0.902. The third-order valence-corrected chi connectivity index (χ3v) is 4.67. The van der Waals surface area contributed by atoms with Crippen LogP contribution >= 0.6 is 11.3 Å². The second-order valence-electron chi connectivity index (χ2n) is 6.48. The first kappa shape index (κ1) is 17.4. The van der Waals surface area contributed by atoms with Crippen molar-refractivity contribution in [1.82, 2.24) is 15.2 Å². The number of hydrogen-bond acceptors (Lipinski definition) is 5. The topological polar surface area (TPSA) is 54.5 Å². The Kier molecular flexibility index (Phi) is 5.94. The summed E-state index contributed by atoms with van der Waals surface area (Å²) in [6.07, 6.45) is 0.331. The molecule has 0 aromatic carbocycles. The zero-order valence-corrected chi connectivity index (χ0v) is 14.9. The minimum Gasteiger partial charge on any atom is -0.373 e. The van der Waals surface area contributed by atoms with Crippen LogP contribution in [-0.2, 0) is 16.1 Å². The van der Waals surface area contributed by atoms with Gasteiger partial charge in [0, 0.05) is 18.5 Å². The van der Waals surface area contributed by atoms with E-state index in [1.807, 2.05) is 12.3 Å². The van der Waals surface area contributed by atoms with Crippen molar-refractivity contribution < 1.29 is 9.53 Å². The van der Waals surface area contributed by atoms with Crippen LogP contribution in [0.2, 0.25) is 0 Å². The molecular weight excluding hydrogens is 298 g/mol. The molecule has 1 aromatic rings. The van der Waals surface area contributed by atoms with Gasteiger partial charge in [-0.15, -0.1) is 11.3 Å². The number of aryl methyl sites for hydroxylation is 1. The average Bonchev–Trinajstić information content (AvgIpc) is 2.81. The van der Waals surface area contributed by atoms with E-state index in [1.54, 1.807) is 11.3 Å². The first-order valence-corrected chi connectivity index (χ1v) is 8.83. The Hall–Kier alpha value is -0.980. The smallest absolute Gasteiger partial charge is 0.237 e. The molecule has 6 heteroatoms. The van der Waals surface area contributed by atoms with E-state index < -0.39 is 0 Å². The molecule has 1 aliphatic heterocycles. The van der Waals surface area contributed by atoms with Crippen molar-refractivity contribution in [3.05, 3.63) is 16.1 Å². The summed E-state index contributed by atoms with van der Waals surface area (Å²) in [5.74, 6) is 0.344. The van der Waals surface area contributed by atoms with Crippen molar-refractivity contribution in [3.63, 3.8) is 0 Å². The van der Waals surface area contributed by atoms with Crippen LogP contribution in [-0.4, -0.2) is 47.1 Å². The Morgan fingerprint density at radius 3 is 2.59 bits per heavy atom. The molecule has 0 bridgehead atoms. The molecule has 2 rings (SSSR count). The highest BCUT2D eigenvalue weighted by atomic mass is 32.1. The van der Waals surface area contributed by atoms with Gasteiger partial charge in [0.15, 0.2) is 0 Å². The van der Waals surface area contributed by atoms with Gasteiger partial charge in [0.2, 0.25) is 5.91 Å². The summed E-state index contributed by atoms with van der Waals surface area (Å²) >= 11 is 1.61. The monoisotopic (exact) mass is 325 g/mol. The van der Waals surface area contributed by atoms with Crippen LogP contribution in [0.3, 0.4) is 0 Å². The number of thiazole rings is 1. The summed E-state index contributed by atoms with van der Waals surface area (Å²) in [5.41, 5.74) is 0.932. The number of ether oxygens (including phenoxy) is 1. The van der Waals surface area contributed by atoms with Crippen LogP contribution in [0.15, 0.2) is 5.38 Å². The molecule has 1 saturated heterocycles. The van der Waals surface area contributed by atoms with Gasteiger partial charge in [0.1, 0.15) is 0 Å². The molecule has 2 heterocycles. The van der Waals surface area contributed by atoms with E-state index in [1.165, 1.54) is 0 Å². The minimum atomic E-state index is -0.117. The molecule has 5 nitrogen and oxygen atoms in total. The van der Waals surface area contributed by atoms with Crippen LogP contribution < -0.4 is 5.32 Å². The predicted molar refractivity (Wildman–Crippen MR) is 88.9 cm³/mol. The number of carbonyl (C=O) groups is 1. The minimum absolute atomic E-state index is 0.0851. The summed E-state index contributed by atoms with van der Waals surface area (Å²) in [4.78, 5) is 19.3. The van der Waals surface area contributed by atoms with Crippen LogP contribution in [0, 0.1) is 12.8 Å². The summed E-state index contributed by atoms with van der Waals surface area (Å²) in [7, 11) is 0. The Morgan fingerprint density at radius 2 is 2.09 bits per heavy atom. The molecule has 1 aliphatic rings. The van der Waals surface area contributed by atoms with Crippen molar-refractivity contribution in [2.45, 2.75) is 59.4 Å². The molecule has 124 valence electrons. The maximum absolute atomic E-state index is 12.7. The second kappa shape index (κ2) is 7.53. The van der Waals surface area contributed by atoms with Crippen molar-refractivity contribution >= 4 is 17.2 Å². The number of nitrogens with one attached hydrogen (secondary N) is 1. The largest absolute Gasteiger partial charge is 0.373 e. The number of rotatable bonds is 5. The molecule has 1 N–H and O–H groups in total. The molecule has 0 aliphatic carbocycles.